The second kappa shape index (κ2) is 11.2. The van der Waals surface area contributed by atoms with E-state index in [4.69, 9.17) is 9.11 Å². The average molecular weight is 479 g/mol. The minimum absolute atomic E-state index is 0.0582. The molecule has 0 radical (unpaired) electrons. The van der Waals surface area contributed by atoms with Crippen LogP contribution in [0, 0.1) is 25.2 Å². The summed E-state index contributed by atoms with van der Waals surface area (Å²) in [5.41, 5.74) is 1.66. The Morgan fingerprint density at radius 2 is 1.34 bits per heavy atom. The number of hydrogen-bond acceptors (Lipinski definition) is 8. The molecule has 170 valence electrons. The largest absolute Gasteiger partial charge is 0.340 e. The molecule has 0 atom stereocenters. The van der Waals surface area contributed by atoms with E-state index >= 15 is 0 Å². The number of rotatable bonds is 10. The number of pyridine rings is 1. The van der Waals surface area contributed by atoms with Crippen LogP contribution >= 0.6 is 0 Å². The lowest BCUT2D eigenvalue weighted by Gasteiger charge is -2.17. The van der Waals surface area contributed by atoms with E-state index in [2.05, 4.69) is 28.8 Å². The fourth-order valence-corrected chi connectivity index (χ4v) is 2.90. The lowest BCUT2D eigenvalue weighted by atomic mass is 10.1. The summed E-state index contributed by atoms with van der Waals surface area (Å²) in [6, 6.07) is 2.02. The number of nitrogens with one attached hydrogen (secondary N) is 2. The minimum atomic E-state index is -4.40. The van der Waals surface area contributed by atoms with Gasteiger partial charge in [-0.15, -0.1) is 0 Å². The van der Waals surface area contributed by atoms with Crippen LogP contribution in [-0.2, 0) is 20.2 Å². The van der Waals surface area contributed by atoms with Crippen LogP contribution in [0.3, 0.4) is 0 Å². The highest BCUT2D eigenvalue weighted by Crippen LogP contribution is 2.28. The summed E-state index contributed by atoms with van der Waals surface area (Å²) < 4.78 is 61.9. The molecule has 0 saturated carbocycles. The predicted molar refractivity (Wildman–Crippen MR) is 124 cm³/mol. The Labute approximate surface area is 187 Å². The molecule has 1 aromatic rings. The molecule has 4 N–H and O–H groups in total. The van der Waals surface area contributed by atoms with Gasteiger partial charge in [-0.2, -0.15) is 22.1 Å². The smallest absolute Gasteiger partial charge is 0.287 e. The number of nitriles is 1. The second-order valence-electron chi connectivity index (χ2n) is 6.15. The van der Waals surface area contributed by atoms with Gasteiger partial charge in [0.05, 0.1) is 16.4 Å². The van der Waals surface area contributed by atoms with Gasteiger partial charge in [0.1, 0.15) is 11.9 Å². The number of hydrogen-bond donors (Lipinski definition) is 4. The molecule has 1 heterocycles. The summed E-state index contributed by atoms with van der Waals surface area (Å²) in [6.45, 7) is 10.4. The second-order valence-corrected chi connectivity index (χ2v) is 8.75. The van der Waals surface area contributed by atoms with Gasteiger partial charge >= 0.3 is 0 Å². The van der Waals surface area contributed by atoms with E-state index in [-0.39, 0.29) is 28.6 Å². The molecule has 0 amide bonds. The molecule has 32 heavy (non-hydrogen) atoms. The molecule has 0 fully saturated rings. The number of anilines is 2. The molecule has 12 heteroatoms. The van der Waals surface area contributed by atoms with Crippen LogP contribution in [0.5, 0.6) is 0 Å². The van der Waals surface area contributed by atoms with Gasteiger partial charge in [0.15, 0.2) is 5.82 Å². The number of nitrogens with zero attached hydrogens (tertiary/aromatic N) is 2. The Balaban J connectivity index is 3.55. The Kier molecular flexibility index (Phi) is 9.30. The summed E-state index contributed by atoms with van der Waals surface area (Å²) >= 11 is 0. The van der Waals surface area contributed by atoms with E-state index in [0.717, 1.165) is 12.2 Å². The first-order chi connectivity index (χ1) is 14.8. The van der Waals surface area contributed by atoms with Gasteiger partial charge in [0.2, 0.25) is 0 Å². The third-order valence-electron chi connectivity index (χ3n) is 3.82. The van der Waals surface area contributed by atoms with Crippen molar-refractivity contribution in [3.05, 3.63) is 88.5 Å². The molecule has 0 aliphatic rings. The highest BCUT2D eigenvalue weighted by Gasteiger charge is 2.15. The molecule has 10 nitrogen and oxygen atoms in total. The van der Waals surface area contributed by atoms with Crippen molar-refractivity contribution < 1.29 is 25.9 Å². The summed E-state index contributed by atoms with van der Waals surface area (Å²) in [4.78, 5) is 4.35. The quantitative estimate of drug-likeness (QED) is 0.289. The van der Waals surface area contributed by atoms with Crippen molar-refractivity contribution in [3.63, 3.8) is 0 Å². The maximum absolute atomic E-state index is 11.0. The minimum Gasteiger partial charge on any atom is -0.340 e. The van der Waals surface area contributed by atoms with Crippen molar-refractivity contribution in [2.45, 2.75) is 13.8 Å². The van der Waals surface area contributed by atoms with Crippen molar-refractivity contribution in [1.29, 1.82) is 5.26 Å². The Bertz CT molecular complexity index is 1280. The molecule has 1 rings (SSSR count). The van der Waals surface area contributed by atoms with E-state index in [1.165, 1.54) is 24.3 Å². The summed E-state index contributed by atoms with van der Waals surface area (Å²) in [7, 11) is -8.77. The van der Waals surface area contributed by atoms with Gasteiger partial charge in [-0.1, -0.05) is 25.3 Å². The molecular weight excluding hydrogens is 456 g/mol. The molecular formula is C20H22N4O6S2. The summed E-state index contributed by atoms with van der Waals surface area (Å²) in [5.74, 6) is 0.303. The molecule has 0 aromatic carbocycles. The Morgan fingerprint density at radius 1 is 0.906 bits per heavy atom. The third-order valence-corrected chi connectivity index (χ3v) is 4.78. The van der Waals surface area contributed by atoms with Gasteiger partial charge in [-0.3, -0.25) is 9.11 Å². The normalized spacial score (nSPS) is 13.2. The van der Waals surface area contributed by atoms with Gasteiger partial charge in [-0.05, 0) is 49.3 Å². The van der Waals surface area contributed by atoms with Crippen LogP contribution in [0.1, 0.15) is 16.7 Å². The zero-order valence-corrected chi connectivity index (χ0v) is 18.9. The standard InChI is InChI=1S/C20H22N4O6S2/c1-5-7-16(9-11-31(25,26)27)22-19-15(4)14(3)18(13-21)20(24-19)23-17(8-6-2)10-12-32(28,29)30/h5-12H,1-2H2,3-4H3,(H2,22,23,24)(H,25,26,27)(H,28,29,30)/b11-9+,12-10+,16-7+,17-8+. The van der Waals surface area contributed by atoms with Crippen LogP contribution in [0.2, 0.25) is 0 Å². The number of aromatic nitrogens is 1. The fraction of sp³-hybridized carbons (Fsp3) is 0.100. The third kappa shape index (κ3) is 8.70. The lowest BCUT2D eigenvalue weighted by Crippen LogP contribution is -2.10. The van der Waals surface area contributed by atoms with E-state index < -0.39 is 20.2 Å². The van der Waals surface area contributed by atoms with Crippen LogP contribution in [0.15, 0.2) is 71.8 Å². The van der Waals surface area contributed by atoms with Crippen molar-refractivity contribution in [1.82, 2.24) is 4.98 Å². The van der Waals surface area contributed by atoms with Crippen LogP contribution in [-0.4, -0.2) is 30.9 Å². The predicted octanol–water partition coefficient (Wildman–Crippen LogP) is 3.34. The van der Waals surface area contributed by atoms with E-state index in [9.17, 15) is 22.1 Å². The molecule has 0 bridgehead atoms. The van der Waals surface area contributed by atoms with Gasteiger partial charge in [-0.25, -0.2) is 4.98 Å². The van der Waals surface area contributed by atoms with Gasteiger partial charge < -0.3 is 10.6 Å². The lowest BCUT2D eigenvalue weighted by molar-refractivity contribution is 0.492. The van der Waals surface area contributed by atoms with Crippen molar-refractivity contribution in [2.75, 3.05) is 10.6 Å². The highest BCUT2D eigenvalue weighted by atomic mass is 32.2. The van der Waals surface area contributed by atoms with E-state index in [1.807, 2.05) is 6.07 Å². The van der Waals surface area contributed by atoms with Crippen molar-refractivity contribution in [3.8, 4) is 6.07 Å². The SMILES string of the molecule is C=C/C=C(\C=C\S(=O)(=O)O)Nc1nc(NC(/C=C/S(=O)(=O)O)=C/C=C)c(C#N)c(C)c1C. The first-order valence-electron chi connectivity index (χ1n) is 8.73. The molecule has 0 aliphatic heterocycles. The maximum atomic E-state index is 11.0. The fourth-order valence-electron chi connectivity index (χ4n) is 2.27. The molecule has 0 unspecified atom stereocenters. The average Bonchev–Trinajstić information content (AvgIpc) is 2.67. The monoisotopic (exact) mass is 478 g/mol. The van der Waals surface area contributed by atoms with Crippen LogP contribution in [0.25, 0.3) is 0 Å². The summed E-state index contributed by atoms with van der Waals surface area (Å²) in [5, 5.41) is 16.4. The van der Waals surface area contributed by atoms with Gasteiger partial charge in [0.25, 0.3) is 20.2 Å². The zero-order valence-electron chi connectivity index (χ0n) is 17.3. The van der Waals surface area contributed by atoms with E-state index in [1.54, 1.807) is 13.8 Å². The van der Waals surface area contributed by atoms with Crippen LogP contribution < -0.4 is 10.6 Å². The van der Waals surface area contributed by atoms with Crippen molar-refractivity contribution >= 4 is 31.9 Å². The van der Waals surface area contributed by atoms with E-state index in [0.29, 0.717) is 21.9 Å². The summed E-state index contributed by atoms with van der Waals surface area (Å²) in [6.07, 6.45) is 7.71. The highest BCUT2D eigenvalue weighted by molar-refractivity contribution is 7.89. The molecule has 0 spiro atoms. The molecule has 1 aromatic heterocycles. The van der Waals surface area contributed by atoms with Crippen molar-refractivity contribution in [2.24, 2.45) is 0 Å². The Morgan fingerprint density at radius 3 is 1.72 bits per heavy atom. The maximum Gasteiger partial charge on any atom is 0.287 e. The first kappa shape index (κ1) is 26.5. The zero-order chi connectivity index (χ0) is 24.5. The van der Waals surface area contributed by atoms with Crippen LogP contribution in [0.4, 0.5) is 11.6 Å². The number of allylic oxidation sites excluding steroid dienone is 6. The molecule has 0 aliphatic carbocycles. The molecule has 0 saturated heterocycles. The topological polar surface area (TPSA) is 169 Å². The van der Waals surface area contributed by atoms with Gasteiger partial charge in [0, 0.05) is 11.4 Å². The Hall–Kier alpha value is -3.50. The first-order valence-corrected chi connectivity index (χ1v) is 11.7.